The fourth-order valence-electron chi connectivity index (χ4n) is 1.32. The summed E-state index contributed by atoms with van der Waals surface area (Å²) in [6.45, 7) is 3.32. The maximum absolute atomic E-state index is 11.5. The summed E-state index contributed by atoms with van der Waals surface area (Å²) in [5.74, 6) is -1.08. The largest absolute Gasteiger partial charge is 0.480 e. The molecule has 3 N–H and O–H groups in total. The molecule has 94 valence electrons. The Morgan fingerprint density at radius 3 is 2.76 bits per heavy atom. The van der Waals surface area contributed by atoms with Crippen LogP contribution in [0.25, 0.3) is 0 Å². The number of rotatable bonds is 4. The number of amides is 2. The van der Waals surface area contributed by atoms with Crippen LogP contribution in [0.3, 0.4) is 0 Å². The van der Waals surface area contributed by atoms with Crippen LogP contribution in [0.5, 0.6) is 0 Å². The Morgan fingerprint density at radius 1 is 1.59 bits per heavy atom. The van der Waals surface area contributed by atoms with Crippen LogP contribution in [0.1, 0.15) is 19.5 Å². The lowest BCUT2D eigenvalue weighted by Crippen LogP contribution is -2.40. The Morgan fingerprint density at radius 2 is 2.24 bits per heavy atom. The molecule has 1 aromatic heterocycles. The number of anilines is 1. The Kier molecular flexibility index (Phi) is 4.08. The van der Waals surface area contributed by atoms with Gasteiger partial charge in [-0.25, -0.2) is 4.79 Å². The second-order valence-electron chi connectivity index (χ2n) is 3.68. The van der Waals surface area contributed by atoms with Gasteiger partial charge in [0.1, 0.15) is 6.04 Å². The normalized spacial score (nSPS) is 11.9. The van der Waals surface area contributed by atoms with Crippen molar-refractivity contribution < 1.29 is 14.7 Å². The van der Waals surface area contributed by atoms with Crippen molar-refractivity contribution in [3.63, 3.8) is 0 Å². The van der Waals surface area contributed by atoms with Crippen molar-refractivity contribution in [1.29, 1.82) is 0 Å². The molecule has 0 unspecified atom stereocenters. The summed E-state index contributed by atoms with van der Waals surface area (Å²) in [6, 6.07) is -1.49. The number of carbonyl (C=O) groups excluding carboxylic acids is 1. The van der Waals surface area contributed by atoms with Crippen LogP contribution in [-0.2, 0) is 18.3 Å². The van der Waals surface area contributed by atoms with Gasteiger partial charge in [0, 0.05) is 13.2 Å². The minimum absolute atomic E-state index is 0.553. The number of carboxylic acid groups (broad SMARTS) is 1. The van der Waals surface area contributed by atoms with Gasteiger partial charge in [0.2, 0.25) is 0 Å². The van der Waals surface area contributed by atoms with Gasteiger partial charge in [0.25, 0.3) is 0 Å². The third-order valence-corrected chi connectivity index (χ3v) is 2.21. The maximum atomic E-state index is 11.5. The quantitative estimate of drug-likeness (QED) is 0.717. The molecule has 0 fully saturated rings. The van der Waals surface area contributed by atoms with E-state index in [1.807, 2.05) is 6.92 Å². The SMILES string of the molecule is CCc1nn(C)cc1NC(=O)N[C@@H](C)C(=O)O. The van der Waals surface area contributed by atoms with Crippen molar-refractivity contribution >= 4 is 17.7 Å². The van der Waals surface area contributed by atoms with Crippen LogP contribution in [0, 0.1) is 0 Å². The van der Waals surface area contributed by atoms with E-state index < -0.39 is 18.0 Å². The van der Waals surface area contributed by atoms with Crippen LogP contribution in [0.15, 0.2) is 6.20 Å². The minimum Gasteiger partial charge on any atom is -0.480 e. The summed E-state index contributed by atoms with van der Waals surface area (Å²) < 4.78 is 1.59. The monoisotopic (exact) mass is 240 g/mol. The zero-order valence-electron chi connectivity index (χ0n) is 10.0. The number of carboxylic acids is 1. The predicted molar refractivity (Wildman–Crippen MR) is 61.8 cm³/mol. The summed E-state index contributed by atoms with van der Waals surface area (Å²) in [6.07, 6.45) is 2.36. The van der Waals surface area contributed by atoms with Gasteiger partial charge in [-0.2, -0.15) is 5.10 Å². The number of hydrogen-bond donors (Lipinski definition) is 3. The van der Waals surface area contributed by atoms with E-state index in [-0.39, 0.29) is 0 Å². The summed E-state index contributed by atoms with van der Waals surface area (Å²) in [7, 11) is 1.75. The lowest BCUT2D eigenvalue weighted by molar-refractivity contribution is -0.138. The number of aryl methyl sites for hydroxylation is 2. The fourth-order valence-corrected chi connectivity index (χ4v) is 1.32. The summed E-state index contributed by atoms with van der Waals surface area (Å²) in [4.78, 5) is 22.0. The van der Waals surface area contributed by atoms with E-state index in [2.05, 4.69) is 15.7 Å². The van der Waals surface area contributed by atoms with Gasteiger partial charge in [0.15, 0.2) is 0 Å². The molecule has 17 heavy (non-hydrogen) atoms. The highest BCUT2D eigenvalue weighted by Crippen LogP contribution is 2.13. The van der Waals surface area contributed by atoms with Gasteiger partial charge in [-0.15, -0.1) is 0 Å². The Hall–Kier alpha value is -2.05. The van der Waals surface area contributed by atoms with Crippen LogP contribution in [0.2, 0.25) is 0 Å². The van der Waals surface area contributed by atoms with Gasteiger partial charge in [0.05, 0.1) is 11.4 Å². The topological polar surface area (TPSA) is 96.3 Å². The number of carbonyl (C=O) groups is 2. The van der Waals surface area contributed by atoms with Crippen LogP contribution in [-0.4, -0.2) is 32.9 Å². The molecular formula is C10H16N4O3. The molecule has 0 aliphatic rings. The summed E-state index contributed by atoms with van der Waals surface area (Å²) >= 11 is 0. The summed E-state index contributed by atoms with van der Waals surface area (Å²) in [5.41, 5.74) is 1.34. The van der Waals surface area contributed by atoms with Crippen molar-refractivity contribution in [1.82, 2.24) is 15.1 Å². The lowest BCUT2D eigenvalue weighted by atomic mass is 10.3. The molecule has 7 nitrogen and oxygen atoms in total. The van der Waals surface area contributed by atoms with Crippen molar-refractivity contribution in [2.24, 2.45) is 7.05 Å². The maximum Gasteiger partial charge on any atom is 0.325 e. The van der Waals surface area contributed by atoms with E-state index in [1.54, 1.807) is 17.9 Å². The second-order valence-corrected chi connectivity index (χ2v) is 3.68. The molecule has 0 aliphatic heterocycles. The van der Waals surface area contributed by atoms with Crippen molar-refractivity contribution in [2.45, 2.75) is 26.3 Å². The average Bonchev–Trinajstić information content (AvgIpc) is 2.58. The molecule has 0 radical (unpaired) electrons. The van der Waals surface area contributed by atoms with E-state index in [1.165, 1.54) is 6.92 Å². The molecule has 1 heterocycles. The lowest BCUT2D eigenvalue weighted by Gasteiger charge is -2.10. The zero-order chi connectivity index (χ0) is 13.0. The van der Waals surface area contributed by atoms with E-state index in [0.29, 0.717) is 12.1 Å². The van der Waals surface area contributed by atoms with E-state index in [9.17, 15) is 9.59 Å². The van der Waals surface area contributed by atoms with Crippen LogP contribution >= 0.6 is 0 Å². The van der Waals surface area contributed by atoms with Gasteiger partial charge in [-0.1, -0.05) is 6.92 Å². The zero-order valence-corrected chi connectivity index (χ0v) is 10.0. The third-order valence-electron chi connectivity index (χ3n) is 2.21. The van der Waals surface area contributed by atoms with Crippen LogP contribution < -0.4 is 10.6 Å². The molecule has 0 bridgehead atoms. The molecule has 7 heteroatoms. The van der Waals surface area contributed by atoms with Gasteiger partial charge in [-0.3, -0.25) is 9.48 Å². The number of nitrogens with one attached hydrogen (secondary N) is 2. The van der Waals surface area contributed by atoms with E-state index in [0.717, 1.165) is 5.69 Å². The molecule has 0 aliphatic carbocycles. The predicted octanol–water partition coefficient (Wildman–Crippen LogP) is 0.577. The molecule has 0 saturated heterocycles. The van der Waals surface area contributed by atoms with Crippen LogP contribution in [0.4, 0.5) is 10.5 Å². The number of hydrogen-bond acceptors (Lipinski definition) is 3. The number of aliphatic carboxylic acids is 1. The highest BCUT2D eigenvalue weighted by Gasteiger charge is 2.15. The Bertz CT molecular complexity index is 427. The minimum atomic E-state index is -1.08. The first-order valence-electron chi connectivity index (χ1n) is 5.26. The summed E-state index contributed by atoms with van der Waals surface area (Å²) in [5, 5.41) is 17.7. The molecule has 0 aromatic carbocycles. The highest BCUT2D eigenvalue weighted by molar-refractivity contribution is 5.92. The first-order valence-corrected chi connectivity index (χ1v) is 5.26. The number of nitrogens with zero attached hydrogens (tertiary/aromatic N) is 2. The highest BCUT2D eigenvalue weighted by atomic mass is 16.4. The first kappa shape index (κ1) is 13.0. The fraction of sp³-hybridized carbons (Fsp3) is 0.500. The smallest absolute Gasteiger partial charge is 0.325 e. The van der Waals surface area contributed by atoms with Crippen molar-refractivity contribution in [2.75, 3.05) is 5.32 Å². The molecule has 2 amide bonds. The first-order chi connectivity index (χ1) is 7.93. The molecule has 1 rings (SSSR count). The standard InChI is InChI=1S/C10H16N4O3/c1-4-7-8(5-14(3)13-7)12-10(17)11-6(2)9(15)16/h5-6H,4H2,1-3H3,(H,15,16)(H2,11,12,17)/t6-/m0/s1. The average molecular weight is 240 g/mol. The van der Waals surface area contributed by atoms with E-state index in [4.69, 9.17) is 5.11 Å². The molecule has 0 spiro atoms. The van der Waals surface area contributed by atoms with E-state index >= 15 is 0 Å². The molecule has 0 saturated carbocycles. The molecule has 1 aromatic rings. The Labute approximate surface area is 98.8 Å². The van der Waals surface area contributed by atoms with Gasteiger partial charge < -0.3 is 15.7 Å². The number of aromatic nitrogens is 2. The second kappa shape index (κ2) is 5.33. The van der Waals surface area contributed by atoms with Gasteiger partial charge in [-0.05, 0) is 13.3 Å². The third kappa shape index (κ3) is 3.47. The Balaban J connectivity index is 2.64. The molecule has 1 atom stereocenters. The van der Waals surface area contributed by atoms with Crippen molar-refractivity contribution in [3.05, 3.63) is 11.9 Å². The van der Waals surface area contributed by atoms with Crippen molar-refractivity contribution in [3.8, 4) is 0 Å². The van der Waals surface area contributed by atoms with Gasteiger partial charge >= 0.3 is 12.0 Å². The number of urea groups is 1. The molecular weight excluding hydrogens is 224 g/mol.